The Kier molecular flexibility index (Phi) is 3.17. The Balaban J connectivity index is 1.69. The second-order valence-corrected chi connectivity index (χ2v) is 5.60. The van der Waals surface area contributed by atoms with Crippen LogP contribution in [0.2, 0.25) is 0 Å². The summed E-state index contributed by atoms with van der Waals surface area (Å²) in [7, 11) is 1.41. The Morgan fingerprint density at radius 1 is 1.37 bits per heavy atom. The van der Waals surface area contributed by atoms with Crippen molar-refractivity contribution in [2.24, 2.45) is 11.8 Å². The lowest BCUT2D eigenvalue weighted by atomic mass is 9.95. The van der Waals surface area contributed by atoms with E-state index >= 15 is 0 Å². The third-order valence-electron chi connectivity index (χ3n) is 4.47. The molecule has 3 atom stereocenters. The maximum absolute atomic E-state index is 13.6. The molecule has 19 heavy (non-hydrogen) atoms. The highest BCUT2D eigenvalue weighted by atomic mass is 19.1. The van der Waals surface area contributed by atoms with Crippen LogP contribution in [-0.2, 0) is 0 Å². The molecule has 1 aromatic rings. The first-order valence-electron chi connectivity index (χ1n) is 6.82. The first kappa shape index (κ1) is 12.5. The average molecular weight is 263 g/mol. The molecule has 0 aromatic heterocycles. The Morgan fingerprint density at radius 3 is 2.79 bits per heavy atom. The Bertz CT molecular complexity index is 503. The average Bonchev–Trinajstić information content (AvgIpc) is 3.00. The second-order valence-electron chi connectivity index (χ2n) is 5.60. The summed E-state index contributed by atoms with van der Waals surface area (Å²) < 4.78 is 18.4. The summed E-state index contributed by atoms with van der Waals surface area (Å²) in [5, 5.41) is 3.04. The second kappa shape index (κ2) is 4.83. The van der Waals surface area contributed by atoms with Crippen LogP contribution in [0, 0.1) is 17.7 Å². The molecule has 0 heterocycles. The monoisotopic (exact) mass is 263 g/mol. The van der Waals surface area contributed by atoms with Crippen LogP contribution in [0.4, 0.5) is 4.39 Å². The number of amides is 1. The fraction of sp³-hybridized carbons (Fsp3) is 0.533. The van der Waals surface area contributed by atoms with Crippen LogP contribution in [0.5, 0.6) is 5.75 Å². The van der Waals surface area contributed by atoms with Crippen molar-refractivity contribution in [2.45, 2.75) is 31.7 Å². The molecule has 1 amide bonds. The molecule has 2 bridgehead atoms. The molecule has 4 heteroatoms. The van der Waals surface area contributed by atoms with E-state index in [0.717, 1.165) is 12.3 Å². The number of rotatable bonds is 3. The van der Waals surface area contributed by atoms with E-state index in [1.54, 1.807) is 6.07 Å². The van der Waals surface area contributed by atoms with Gasteiger partial charge in [0.25, 0.3) is 5.91 Å². The van der Waals surface area contributed by atoms with Gasteiger partial charge in [-0.25, -0.2) is 4.39 Å². The maximum Gasteiger partial charge on any atom is 0.251 e. The smallest absolute Gasteiger partial charge is 0.251 e. The van der Waals surface area contributed by atoms with E-state index < -0.39 is 5.82 Å². The van der Waals surface area contributed by atoms with Crippen LogP contribution in [0.15, 0.2) is 18.2 Å². The molecule has 3 rings (SSSR count). The molecule has 0 saturated heterocycles. The molecule has 1 N–H and O–H groups in total. The number of carbonyl (C=O) groups excluding carboxylic acids is 1. The highest BCUT2D eigenvalue weighted by Crippen LogP contribution is 2.44. The van der Waals surface area contributed by atoms with Crippen molar-refractivity contribution in [1.29, 1.82) is 0 Å². The SMILES string of the molecule is COc1ccc(C(=O)N[C@H]2C[C@H]3CC[C@H]2C3)cc1F. The van der Waals surface area contributed by atoms with Gasteiger partial charge in [0.15, 0.2) is 11.6 Å². The molecule has 3 nitrogen and oxygen atoms in total. The van der Waals surface area contributed by atoms with Crippen LogP contribution < -0.4 is 10.1 Å². The maximum atomic E-state index is 13.6. The summed E-state index contributed by atoms with van der Waals surface area (Å²) in [6.07, 6.45) is 4.83. The zero-order chi connectivity index (χ0) is 13.4. The third kappa shape index (κ3) is 2.31. The molecule has 0 unspecified atom stereocenters. The topological polar surface area (TPSA) is 38.3 Å². The number of hydrogen-bond donors (Lipinski definition) is 1. The summed E-state index contributed by atoms with van der Waals surface area (Å²) >= 11 is 0. The van der Waals surface area contributed by atoms with Gasteiger partial charge in [-0.15, -0.1) is 0 Å². The van der Waals surface area contributed by atoms with E-state index in [0.29, 0.717) is 11.5 Å². The number of nitrogens with one attached hydrogen (secondary N) is 1. The van der Waals surface area contributed by atoms with Crippen LogP contribution >= 0.6 is 0 Å². The molecule has 2 aliphatic rings. The standard InChI is InChI=1S/C15H18FNO2/c1-19-14-5-4-11(8-12(14)16)15(18)17-13-7-9-2-3-10(13)6-9/h4-5,8-10,13H,2-3,6-7H2,1H3,(H,17,18)/t9-,10-,13-/m0/s1. The zero-order valence-electron chi connectivity index (χ0n) is 11.0. The van der Waals surface area contributed by atoms with Crippen LogP contribution in [0.1, 0.15) is 36.0 Å². The van der Waals surface area contributed by atoms with Crippen molar-refractivity contribution in [3.8, 4) is 5.75 Å². The van der Waals surface area contributed by atoms with Crippen molar-refractivity contribution in [2.75, 3.05) is 7.11 Å². The van der Waals surface area contributed by atoms with Crippen molar-refractivity contribution in [1.82, 2.24) is 5.32 Å². The molecule has 2 aliphatic carbocycles. The number of fused-ring (bicyclic) bond motifs is 2. The van der Waals surface area contributed by atoms with Gasteiger partial charge in [-0.1, -0.05) is 6.42 Å². The molecular weight excluding hydrogens is 245 g/mol. The summed E-state index contributed by atoms with van der Waals surface area (Å²) in [5.74, 6) is 0.888. The molecule has 2 fully saturated rings. The highest BCUT2D eigenvalue weighted by Gasteiger charge is 2.40. The summed E-state index contributed by atoms with van der Waals surface area (Å²) in [6, 6.07) is 4.60. The fourth-order valence-electron chi connectivity index (χ4n) is 3.48. The van der Waals surface area contributed by atoms with Crippen molar-refractivity contribution < 1.29 is 13.9 Å². The van der Waals surface area contributed by atoms with Gasteiger partial charge in [0.05, 0.1) is 7.11 Å². The molecule has 2 saturated carbocycles. The van der Waals surface area contributed by atoms with Gasteiger partial charge in [0, 0.05) is 11.6 Å². The minimum atomic E-state index is -0.497. The van der Waals surface area contributed by atoms with Crippen molar-refractivity contribution in [3.63, 3.8) is 0 Å². The van der Waals surface area contributed by atoms with Gasteiger partial charge < -0.3 is 10.1 Å². The number of benzene rings is 1. The quantitative estimate of drug-likeness (QED) is 0.910. The fourth-order valence-corrected chi connectivity index (χ4v) is 3.48. The van der Waals surface area contributed by atoms with Gasteiger partial charge in [-0.05, 0) is 49.3 Å². The lowest BCUT2D eigenvalue weighted by Gasteiger charge is -2.22. The lowest BCUT2D eigenvalue weighted by molar-refractivity contribution is 0.0922. The molecule has 102 valence electrons. The Labute approximate surface area is 112 Å². The predicted octanol–water partition coefficient (Wildman–Crippen LogP) is 2.75. The van der Waals surface area contributed by atoms with Crippen molar-refractivity contribution in [3.05, 3.63) is 29.6 Å². The third-order valence-corrected chi connectivity index (χ3v) is 4.47. The molecule has 1 aromatic carbocycles. The number of ether oxygens (including phenoxy) is 1. The Hall–Kier alpha value is -1.58. The first-order chi connectivity index (χ1) is 9.17. The number of hydrogen-bond acceptors (Lipinski definition) is 2. The predicted molar refractivity (Wildman–Crippen MR) is 69.7 cm³/mol. The summed E-state index contributed by atoms with van der Waals surface area (Å²) in [4.78, 5) is 12.1. The Morgan fingerprint density at radius 2 is 2.21 bits per heavy atom. The number of methoxy groups -OCH3 is 1. The van der Waals surface area contributed by atoms with Crippen LogP contribution in [0.25, 0.3) is 0 Å². The van der Waals surface area contributed by atoms with E-state index in [-0.39, 0.29) is 17.7 Å². The molecule has 0 spiro atoms. The largest absolute Gasteiger partial charge is 0.494 e. The van der Waals surface area contributed by atoms with Crippen LogP contribution in [0.3, 0.4) is 0 Å². The van der Waals surface area contributed by atoms with Gasteiger partial charge >= 0.3 is 0 Å². The molecule has 0 aliphatic heterocycles. The molecular formula is C15H18FNO2. The highest BCUT2D eigenvalue weighted by molar-refractivity contribution is 5.94. The number of carbonyl (C=O) groups is 1. The van der Waals surface area contributed by atoms with E-state index in [1.807, 2.05) is 0 Å². The minimum absolute atomic E-state index is 0.163. The van der Waals surface area contributed by atoms with Gasteiger partial charge in [-0.3, -0.25) is 4.79 Å². The minimum Gasteiger partial charge on any atom is -0.494 e. The summed E-state index contributed by atoms with van der Waals surface area (Å²) in [6.45, 7) is 0. The zero-order valence-corrected chi connectivity index (χ0v) is 11.0. The van der Waals surface area contributed by atoms with Gasteiger partial charge in [0.2, 0.25) is 0 Å². The number of halogens is 1. The normalized spacial score (nSPS) is 28.4. The van der Waals surface area contributed by atoms with Crippen LogP contribution in [-0.4, -0.2) is 19.1 Å². The van der Waals surface area contributed by atoms with E-state index in [2.05, 4.69) is 5.32 Å². The lowest BCUT2D eigenvalue weighted by Crippen LogP contribution is -2.38. The van der Waals surface area contributed by atoms with E-state index in [9.17, 15) is 9.18 Å². The van der Waals surface area contributed by atoms with E-state index in [4.69, 9.17) is 4.74 Å². The molecule has 0 radical (unpaired) electrons. The van der Waals surface area contributed by atoms with Crippen molar-refractivity contribution >= 4 is 5.91 Å². The van der Waals surface area contributed by atoms with E-state index in [1.165, 1.54) is 38.5 Å². The first-order valence-corrected chi connectivity index (χ1v) is 6.82. The van der Waals surface area contributed by atoms with Gasteiger partial charge in [0.1, 0.15) is 0 Å². The van der Waals surface area contributed by atoms with Gasteiger partial charge in [-0.2, -0.15) is 0 Å². The summed E-state index contributed by atoms with van der Waals surface area (Å²) in [5.41, 5.74) is 0.362.